The molecule has 1 N–H and O–H groups in total. The van der Waals surface area contributed by atoms with Gasteiger partial charge in [-0.15, -0.1) is 0 Å². The number of nitrogens with zero attached hydrogens (tertiary/aromatic N) is 1. The number of carbonyl (C=O) groups is 3. The van der Waals surface area contributed by atoms with Gasteiger partial charge in [0.15, 0.2) is 18.1 Å². The van der Waals surface area contributed by atoms with Crippen LogP contribution in [0.5, 0.6) is 17.2 Å². The number of methoxy groups -OCH3 is 1. The second-order valence-electron chi connectivity index (χ2n) is 11.9. The highest BCUT2D eigenvalue weighted by Gasteiger charge is 2.51. The van der Waals surface area contributed by atoms with Gasteiger partial charge in [-0.3, -0.25) is 19.3 Å². The molecule has 41 heavy (non-hydrogen) atoms. The molecule has 2 aromatic carbocycles. The van der Waals surface area contributed by atoms with Crippen LogP contribution in [-0.4, -0.2) is 54.4 Å². The molecule has 1 heterocycles. The van der Waals surface area contributed by atoms with E-state index in [-0.39, 0.29) is 42.4 Å². The third kappa shape index (κ3) is 6.10. The van der Waals surface area contributed by atoms with E-state index >= 15 is 0 Å². The van der Waals surface area contributed by atoms with Gasteiger partial charge in [0.05, 0.1) is 18.6 Å². The van der Waals surface area contributed by atoms with Gasteiger partial charge in [-0.2, -0.15) is 0 Å². The molecule has 0 atom stereocenters. The summed E-state index contributed by atoms with van der Waals surface area (Å²) in [6.45, 7) is 2.27. The highest BCUT2D eigenvalue weighted by molar-refractivity contribution is 8.18. The molecule has 1 saturated heterocycles. The van der Waals surface area contributed by atoms with Crippen LogP contribution in [0.3, 0.4) is 0 Å². The molecule has 4 bridgehead atoms. The number of aryl methyl sites for hydroxylation is 1. The summed E-state index contributed by atoms with van der Waals surface area (Å²) in [5.41, 5.74) is 1.71. The van der Waals surface area contributed by atoms with Crippen molar-refractivity contribution in [2.45, 2.75) is 51.0 Å². The Bertz CT molecular complexity index is 1350. The molecular formula is C32H36N2O6S. The van der Waals surface area contributed by atoms with Crippen molar-refractivity contribution in [3.8, 4) is 17.2 Å². The van der Waals surface area contributed by atoms with Crippen LogP contribution in [0.4, 0.5) is 4.79 Å². The lowest BCUT2D eigenvalue weighted by atomic mass is 9.53. The first-order chi connectivity index (χ1) is 19.8. The summed E-state index contributed by atoms with van der Waals surface area (Å²) in [6, 6.07) is 12.9. The SMILES string of the molecule is COc1cc(/C=C2\SC(=O)N(CCOc3cccc(C)c3)C2=O)ccc1OCC(=O)NC12CC3CC(CC(C3)C1)C2. The first kappa shape index (κ1) is 27.7. The second kappa shape index (κ2) is 11.4. The predicted octanol–water partition coefficient (Wildman–Crippen LogP) is 5.58. The van der Waals surface area contributed by atoms with Crippen molar-refractivity contribution in [2.24, 2.45) is 17.8 Å². The summed E-state index contributed by atoms with van der Waals surface area (Å²) in [5.74, 6) is 3.41. The molecule has 0 radical (unpaired) electrons. The number of thioether (sulfide) groups is 1. The van der Waals surface area contributed by atoms with Gasteiger partial charge in [-0.1, -0.05) is 18.2 Å². The molecule has 7 rings (SSSR count). The monoisotopic (exact) mass is 576 g/mol. The molecule has 1 aliphatic heterocycles. The number of hydrogen-bond acceptors (Lipinski definition) is 7. The van der Waals surface area contributed by atoms with Crippen LogP contribution in [-0.2, 0) is 9.59 Å². The number of benzene rings is 2. The van der Waals surface area contributed by atoms with Crippen molar-refractivity contribution >= 4 is 34.9 Å². The normalized spacial score (nSPS) is 27.4. The van der Waals surface area contributed by atoms with Crippen LogP contribution in [0.25, 0.3) is 6.08 Å². The molecule has 216 valence electrons. The van der Waals surface area contributed by atoms with Crippen molar-refractivity contribution in [1.82, 2.24) is 10.2 Å². The average Bonchev–Trinajstić information content (AvgIpc) is 3.18. The van der Waals surface area contributed by atoms with Gasteiger partial charge in [-0.05, 0) is 116 Å². The van der Waals surface area contributed by atoms with Crippen LogP contribution in [0.2, 0.25) is 0 Å². The predicted molar refractivity (Wildman–Crippen MR) is 157 cm³/mol. The standard InChI is InChI=1S/C32H36N2O6S/c1-20-4-3-5-25(10-20)39-9-8-34-30(36)28(41-31(34)37)15-21-6-7-26(27(14-21)38-2)40-19-29(35)33-32-16-22-11-23(17-32)13-24(12-22)18-32/h3-7,10,14-15,22-24H,8-9,11-13,16-19H2,1-2H3,(H,33,35)/b28-15-. The molecular weight excluding hydrogens is 540 g/mol. The van der Waals surface area contributed by atoms with Crippen molar-refractivity contribution in [3.63, 3.8) is 0 Å². The van der Waals surface area contributed by atoms with Gasteiger partial charge in [0, 0.05) is 5.54 Å². The third-order valence-electron chi connectivity index (χ3n) is 8.73. The highest BCUT2D eigenvalue weighted by atomic mass is 32.2. The van der Waals surface area contributed by atoms with E-state index in [0.29, 0.717) is 27.7 Å². The van der Waals surface area contributed by atoms with E-state index < -0.39 is 0 Å². The van der Waals surface area contributed by atoms with Gasteiger partial charge >= 0.3 is 0 Å². The summed E-state index contributed by atoms with van der Waals surface area (Å²) in [7, 11) is 1.53. The summed E-state index contributed by atoms with van der Waals surface area (Å²) >= 11 is 0.901. The van der Waals surface area contributed by atoms with Crippen molar-refractivity contribution in [2.75, 3.05) is 26.9 Å². The lowest BCUT2D eigenvalue weighted by molar-refractivity contribution is -0.129. The van der Waals surface area contributed by atoms with Crippen LogP contribution in [0.15, 0.2) is 47.4 Å². The molecule has 5 aliphatic rings. The largest absolute Gasteiger partial charge is 0.493 e. The Morgan fingerprint density at radius 3 is 2.44 bits per heavy atom. The van der Waals surface area contributed by atoms with E-state index in [9.17, 15) is 14.4 Å². The minimum Gasteiger partial charge on any atom is -0.493 e. The number of rotatable bonds is 10. The molecule has 0 spiro atoms. The maximum absolute atomic E-state index is 12.9. The van der Waals surface area contributed by atoms with Crippen LogP contribution >= 0.6 is 11.8 Å². The zero-order valence-corrected chi connectivity index (χ0v) is 24.3. The molecule has 4 aliphatic carbocycles. The molecule has 0 unspecified atom stereocenters. The van der Waals surface area contributed by atoms with E-state index in [1.54, 1.807) is 24.3 Å². The van der Waals surface area contributed by atoms with Gasteiger partial charge in [-0.25, -0.2) is 0 Å². The molecule has 4 saturated carbocycles. The number of hydrogen-bond donors (Lipinski definition) is 1. The number of carbonyl (C=O) groups excluding carboxylic acids is 3. The maximum atomic E-state index is 12.9. The average molecular weight is 577 g/mol. The molecule has 8 nitrogen and oxygen atoms in total. The summed E-state index contributed by atoms with van der Waals surface area (Å²) in [4.78, 5) is 39.9. The molecule has 5 fully saturated rings. The first-order valence-electron chi connectivity index (χ1n) is 14.4. The molecule has 9 heteroatoms. The molecule has 2 aromatic rings. The highest BCUT2D eigenvalue weighted by Crippen LogP contribution is 2.55. The summed E-state index contributed by atoms with van der Waals surface area (Å²) in [6.07, 6.45) is 8.91. The number of ether oxygens (including phenoxy) is 3. The van der Waals surface area contributed by atoms with Gasteiger partial charge < -0.3 is 19.5 Å². The van der Waals surface area contributed by atoms with E-state index in [1.807, 2.05) is 31.2 Å². The summed E-state index contributed by atoms with van der Waals surface area (Å²) in [5, 5.41) is 3.00. The lowest BCUT2D eigenvalue weighted by Gasteiger charge is -2.56. The summed E-state index contributed by atoms with van der Waals surface area (Å²) < 4.78 is 17.1. The Morgan fingerprint density at radius 2 is 1.76 bits per heavy atom. The van der Waals surface area contributed by atoms with Crippen molar-refractivity contribution in [1.29, 1.82) is 0 Å². The lowest BCUT2D eigenvalue weighted by Crippen LogP contribution is -2.60. The molecule has 0 aromatic heterocycles. The van der Waals surface area contributed by atoms with E-state index in [4.69, 9.17) is 14.2 Å². The third-order valence-corrected chi connectivity index (χ3v) is 9.64. The van der Waals surface area contributed by atoms with Crippen molar-refractivity contribution < 1.29 is 28.6 Å². The fourth-order valence-electron chi connectivity index (χ4n) is 7.44. The quantitative estimate of drug-likeness (QED) is 0.369. The minimum atomic E-state index is -0.353. The minimum absolute atomic E-state index is 0.0567. The Balaban J connectivity index is 1.04. The second-order valence-corrected chi connectivity index (χ2v) is 12.9. The van der Waals surface area contributed by atoms with Crippen LogP contribution in [0, 0.1) is 24.7 Å². The fraction of sp³-hybridized carbons (Fsp3) is 0.469. The Kier molecular flexibility index (Phi) is 7.72. The van der Waals surface area contributed by atoms with E-state index in [2.05, 4.69) is 5.32 Å². The maximum Gasteiger partial charge on any atom is 0.293 e. The number of amides is 3. The number of nitrogens with one attached hydrogen (secondary N) is 1. The Labute approximate surface area is 244 Å². The van der Waals surface area contributed by atoms with E-state index in [1.165, 1.54) is 31.3 Å². The van der Waals surface area contributed by atoms with Gasteiger partial charge in [0.25, 0.3) is 17.1 Å². The molecule has 3 amide bonds. The smallest absolute Gasteiger partial charge is 0.293 e. The first-order valence-corrected chi connectivity index (χ1v) is 15.2. The topological polar surface area (TPSA) is 94.2 Å². The van der Waals surface area contributed by atoms with E-state index in [0.717, 1.165) is 54.3 Å². The van der Waals surface area contributed by atoms with Crippen LogP contribution in [0.1, 0.15) is 49.7 Å². The Morgan fingerprint density at radius 1 is 1.02 bits per heavy atom. The van der Waals surface area contributed by atoms with Gasteiger partial charge in [0.2, 0.25) is 0 Å². The Hall–Kier alpha value is -3.46. The van der Waals surface area contributed by atoms with Crippen molar-refractivity contribution in [3.05, 3.63) is 58.5 Å². The zero-order chi connectivity index (χ0) is 28.6. The fourth-order valence-corrected chi connectivity index (χ4v) is 8.30. The van der Waals surface area contributed by atoms with Gasteiger partial charge in [0.1, 0.15) is 12.4 Å². The number of imide groups is 1. The van der Waals surface area contributed by atoms with Crippen LogP contribution < -0.4 is 19.5 Å². The zero-order valence-electron chi connectivity index (χ0n) is 23.5.